The molecule has 0 bridgehead atoms. The number of urea groups is 1. The van der Waals surface area contributed by atoms with Crippen LogP contribution in [0.4, 0.5) is 26.8 Å². The Morgan fingerprint density at radius 3 is 1.97 bits per heavy atom. The molecule has 6 heterocycles. The van der Waals surface area contributed by atoms with Gasteiger partial charge in [-0.05, 0) is 84.7 Å². The molecule has 4 aliphatic heterocycles. The van der Waals surface area contributed by atoms with Crippen LogP contribution in [0.1, 0.15) is 111 Å². The largest absolute Gasteiger partial charge is 0.496 e. The van der Waals surface area contributed by atoms with Gasteiger partial charge in [0, 0.05) is 101 Å². The normalized spacial score (nSPS) is 14.8. The number of azo groups is 1. The van der Waals surface area contributed by atoms with Gasteiger partial charge in [0.2, 0.25) is 35.4 Å². The van der Waals surface area contributed by atoms with Gasteiger partial charge in [-0.1, -0.05) is 100 Å². The predicted octanol–water partition coefficient (Wildman–Crippen LogP) is 7.05. The molecule has 35 heteroatoms. The van der Waals surface area contributed by atoms with Crippen molar-refractivity contribution in [3.63, 3.8) is 0 Å². The zero-order valence-corrected chi connectivity index (χ0v) is 71.0. The number of primary amides is 1. The summed E-state index contributed by atoms with van der Waals surface area (Å²) in [6, 6.07) is 25.2. The average molecular weight is 1690 g/mol. The van der Waals surface area contributed by atoms with Crippen LogP contribution in [0.2, 0.25) is 0 Å². The number of ether oxygens (including phenoxy) is 11. The minimum absolute atomic E-state index is 0.00715. The highest BCUT2D eigenvalue weighted by molar-refractivity contribution is 6.04. The molecule has 2 saturated heterocycles. The molecule has 35 nitrogen and oxygen atoms in total. The molecular weight excluding hydrogens is 1570 g/mol. The number of methoxy groups -OCH3 is 2. The van der Waals surface area contributed by atoms with Crippen molar-refractivity contribution in [1.82, 2.24) is 50.9 Å². The second-order valence-electron chi connectivity index (χ2n) is 30.5. The van der Waals surface area contributed by atoms with Crippen LogP contribution in [0.15, 0.2) is 113 Å². The molecule has 2 fully saturated rings. The standard InChI is InChI=1S/C87H120N16O19/c1-7-8-13-30-89-81-80-70(93-61(4)94-81)28-32-101(80)54-65-23-20-63(50-74(65)113-6)53-100-57-87(58-100)59-102(33-35-122-87)86(111)121-56-62-21-24-66(25-22-62)95-82(107)71(18-14-31-90-85(88)110)97-84(109)78(60(2)3)98-83(108)72(52-91-75(104)29-34-114-38-39-116-42-43-118-46-47-120-49-48-119-45-44-117-41-40-115-37-36-112-5)96-76(105)26-27-77(106)103-55-64-15-9-10-16-67(64)69-51-92-99-79(69)68-17-11-12-19-73(68)103/h9-12,15-17,19-25,28,32,50,60,71-72,78H,7-8,13-14,18,26-27,29-31,33-49,51-59H2,1-6H3,(H,91,104)(H,95,107)(H,96,105)(H,97,109)(H,98,108)(H3,88,90,110)(H,89,93,94)/t71-,72-,78-/m0/s1. The number of morpholine rings is 1. The van der Waals surface area contributed by atoms with Crippen LogP contribution in [-0.4, -0.2) is 268 Å². The summed E-state index contributed by atoms with van der Waals surface area (Å²) in [4.78, 5) is 126. The predicted molar refractivity (Wildman–Crippen MR) is 456 cm³/mol. The van der Waals surface area contributed by atoms with Gasteiger partial charge in [-0.2, -0.15) is 10.2 Å². The molecule has 0 radical (unpaired) electrons. The van der Waals surface area contributed by atoms with Crippen molar-refractivity contribution >= 4 is 87.1 Å². The van der Waals surface area contributed by atoms with Crippen molar-refractivity contribution in [2.24, 2.45) is 21.9 Å². The van der Waals surface area contributed by atoms with Gasteiger partial charge < -0.3 is 109 Å². The fourth-order valence-electron chi connectivity index (χ4n) is 14.5. The first kappa shape index (κ1) is 93.7. The molecule has 0 aliphatic carbocycles. The van der Waals surface area contributed by atoms with E-state index in [9.17, 15) is 38.4 Å². The molecule has 122 heavy (non-hydrogen) atoms. The van der Waals surface area contributed by atoms with E-state index in [4.69, 9.17) is 67.8 Å². The highest BCUT2D eigenvalue weighted by atomic mass is 16.6. The molecule has 1 spiro atoms. The van der Waals surface area contributed by atoms with Crippen LogP contribution < -0.4 is 52.6 Å². The van der Waals surface area contributed by atoms with E-state index >= 15 is 0 Å². The number of benzene rings is 4. The third kappa shape index (κ3) is 29.0. The third-order valence-corrected chi connectivity index (χ3v) is 20.8. The second-order valence-corrected chi connectivity index (χ2v) is 30.5. The lowest BCUT2D eigenvalue weighted by atomic mass is 9.91. The summed E-state index contributed by atoms with van der Waals surface area (Å²) >= 11 is 0. The summed E-state index contributed by atoms with van der Waals surface area (Å²) in [5, 5.41) is 28.7. The smallest absolute Gasteiger partial charge is 0.410 e. The molecule has 6 aromatic rings. The molecule has 662 valence electrons. The third-order valence-electron chi connectivity index (χ3n) is 20.8. The fraction of sp³-hybridized carbons (Fsp3) is 0.540. The Labute approximate surface area is 712 Å². The van der Waals surface area contributed by atoms with E-state index in [1.807, 2.05) is 67.7 Å². The van der Waals surface area contributed by atoms with Crippen LogP contribution in [0, 0.1) is 12.8 Å². The maximum Gasteiger partial charge on any atom is 0.410 e. The van der Waals surface area contributed by atoms with Crippen LogP contribution in [-0.2, 0) is 102 Å². The van der Waals surface area contributed by atoms with Gasteiger partial charge in [0.05, 0.1) is 150 Å². The molecule has 10 rings (SSSR count). The molecule has 0 unspecified atom stereocenters. The Kier molecular flexibility index (Phi) is 38.0. The number of anilines is 3. The molecule has 9 N–H and O–H groups in total. The number of carbonyl (C=O) groups is 8. The number of nitrogens with zero attached hydrogens (tertiary/aromatic N) is 8. The van der Waals surface area contributed by atoms with Crippen molar-refractivity contribution in [3.05, 3.63) is 142 Å². The molecule has 4 aliphatic rings. The van der Waals surface area contributed by atoms with Crippen molar-refractivity contribution in [2.45, 2.75) is 129 Å². The minimum atomic E-state index is -1.48. The van der Waals surface area contributed by atoms with Gasteiger partial charge >= 0.3 is 12.1 Å². The van der Waals surface area contributed by atoms with Crippen LogP contribution in [0.5, 0.6) is 5.75 Å². The fourth-order valence-corrected chi connectivity index (χ4v) is 14.5. The van der Waals surface area contributed by atoms with Crippen LogP contribution in [0.3, 0.4) is 0 Å². The van der Waals surface area contributed by atoms with E-state index in [2.05, 4.69) is 82.0 Å². The van der Waals surface area contributed by atoms with E-state index in [0.717, 1.165) is 76.2 Å². The monoisotopic (exact) mass is 1690 g/mol. The molecule has 0 saturated carbocycles. The number of likely N-dealkylation sites (tertiary alicyclic amines) is 1. The first-order valence-electron chi connectivity index (χ1n) is 42.0. The summed E-state index contributed by atoms with van der Waals surface area (Å²) in [6.45, 7) is 17.4. The summed E-state index contributed by atoms with van der Waals surface area (Å²) in [7, 11) is 3.30. The van der Waals surface area contributed by atoms with Crippen molar-refractivity contribution < 1.29 is 90.5 Å². The van der Waals surface area contributed by atoms with Gasteiger partial charge in [0.1, 0.15) is 53.1 Å². The van der Waals surface area contributed by atoms with E-state index < -0.39 is 77.8 Å². The number of para-hydroxylation sites is 1. The van der Waals surface area contributed by atoms with Crippen molar-refractivity contribution in [1.29, 1.82) is 0 Å². The van der Waals surface area contributed by atoms with E-state index in [0.29, 0.717) is 166 Å². The SMILES string of the molecule is CCCCCNc1nc(C)nc2ccn(Cc3ccc(CN4CC5(C4)CN(C(=O)OCc4ccc(NC(=O)[C@H](CCCNC(N)=O)NC(=O)[C@@H](NC(=O)[C@H](CNC(=O)CCOCCOCCOCCOCCOCCOCCOCCOC)NC(=O)CCC(=O)N6Cc7ccccc7C7=C(N=NC7)c7ccccc76)C(C)C)cc4)CCO5)cc3OC)c12. The van der Waals surface area contributed by atoms with E-state index in [-0.39, 0.29) is 77.5 Å². The molecule has 2 aromatic heterocycles. The number of nitrogens with one attached hydrogen (secondary N) is 7. The lowest BCUT2D eigenvalue weighted by molar-refractivity contribution is -0.181. The zero-order chi connectivity index (χ0) is 86.4. The minimum Gasteiger partial charge on any atom is -0.496 e. The summed E-state index contributed by atoms with van der Waals surface area (Å²) in [5.74, 6) is -2.15. The quantitative estimate of drug-likeness (QED) is 0.0177. The highest BCUT2D eigenvalue weighted by Crippen LogP contribution is 2.42. The number of aromatic nitrogens is 3. The van der Waals surface area contributed by atoms with Crippen molar-refractivity contribution in [2.75, 3.05) is 188 Å². The Morgan fingerprint density at radius 2 is 1.30 bits per heavy atom. The van der Waals surface area contributed by atoms with Crippen LogP contribution in [0.25, 0.3) is 22.3 Å². The number of carbonyl (C=O) groups excluding carboxylic acids is 8. The number of aryl methyl sites for hydroxylation is 1. The number of amides is 9. The molecular formula is C87H120N16O19. The summed E-state index contributed by atoms with van der Waals surface area (Å²) in [5.41, 5.74) is 14.4. The average Bonchev–Trinajstić information content (AvgIpc) is 1.60. The number of fused-ring (bicyclic) bond motifs is 5. The van der Waals surface area contributed by atoms with E-state index in [1.54, 1.807) is 62.1 Å². The summed E-state index contributed by atoms with van der Waals surface area (Å²) in [6.07, 6.45) is 4.29. The Balaban J connectivity index is 0.691. The summed E-state index contributed by atoms with van der Waals surface area (Å²) < 4.78 is 63.9. The molecule has 3 atom stereocenters. The number of hydrogen-bond donors (Lipinski definition) is 8. The van der Waals surface area contributed by atoms with Gasteiger partial charge in [0.25, 0.3) is 0 Å². The zero-order valence-electron chi connectivity index (χ0n) is 71.0. The van der Waals surface area contributed by atoms with Gasteiger partial charge in [-0.3, -0.25) is 33.7 Å². The topological polar surface area (TPSA) is 413 Å². The Morgan fingerprint density at radius 1 is 0.631 bits per heavy atom. The van der Waals surface area contributed by atoms with Crippen LogP contribution >= 0.6 is 0 Å². The van der Waals surface area contributed by atoms with E-state index in [1.165, 1.54) is 0 Å². The highest BCUT2D eigenvalue weighted by Gasteiger charge is 2.48. The number of unbranched alkanes of at least 4 members (excludes halogenated alkanes) is 2. The first-order valence-corrected chi connectivity index (χ1v) is 42.0. The maximum atomic E-state index is 14.6. The lowest BCUT2D eigenvalue weighted by Gasteiger charge is -2.53. The second kappa shape index (κ2) is 49.5. The van der Waals surface area contributed by atoms with Gasteiger partial charge in [-0.15, -0.1) is 0 Å². The van der Waals surface area contributed by atoms with Gasteiger partial charge in [-0.25, -0.2) is 19.6 Å². The number of rotatable bonds is 53. The Hall–Kier alpha value is -10.6. The Bertz CT molecular complexity index is 4460. The number of nitrogens with two attached hydrogens (primary N) is 1. The first-order chi connectivity index (χ1) is 59.3. The maximum absolute atomic E-state index is 14.6. The lowest BCUT2D eigenvalue weighted by Crippen LogP contribution is -2.70. The molecule has 9 amide bonds. The number of hydrogen-bond acceptors (Lipinski definition) is 25. The van der Waals surface area contributed by atoms with Crippen molar-refractivity contribution in [3.8, 4) is 5.75 Å². The van der Waals surface area contributed by atoms with Gasteiger partial charge in [0.15, 0.2) is 5.82 Å². The molecule has 4 aromatic carbocycles.